The summed E-state index contributed by atoms with van der Waals surface area (Å²) in [5, 5.41) is 9.13. The second-order valence-corrected chi connectivity index (χ2v) is 4.69. The van der Waals surface area contributed by atoms with E-state index in [9.17, 15) is 4.79 Å². The lowest BCUT2D eigenvalue weighted by atomic mass is 9.83. The van der Waals surface area contributed by atoms with Crippen LogP contribution < -0.4 is 0 Å². The van der Waals surface area contributed by atoms with Gasteiger partial charge in [-0.25, -0.2) is 0 Å². The first-order valence-electron chi connectivity index (χ1n) is 5.65. The maximum Gasteiger partial charge on any atom is 0.308 e. The van der Waals surface area contributed by atoms with Gasteiger partial charge in [-0.3, -0.25) is 9.69 Å². The molecule has 3 nitrogen and oxygen atoms in total. The molecule has 2 saturated carbocycles. The van der Waals surface area contributed by atoms with Gasteiger partial charge in [0.2, 0.25) is 0 Å². The minimum Gasteiger partial charge on any atom is -0.481 e. The largest absolute Gasteiger partial charge is 0.481 e. The first-order chi connectivity index (χ1) is 6.70. The van der Waals surface area contributed by atoms with Gasteiger partial charge in [-0.1, -0.05) is 12.8 Å². The van der Waals surface area contributed by atoms with Crippen LogP contribution in [0.4, 0.5) is 0 Å². The van der Waals surface area contributed by atoms with Crippen LogP contribution in [0.3, 0.4) is 0 Å². The lowest BCUT2D eigenvalue weighted by molar-refractivity contribution is -0.145. The van der Waals surface area contributed by atoms with Crippen molar-refractivity contribution in [3.05, 3.63) is 0 Å². The van der Waals surface area contributed by atoms with E-state index in [0.29, 0.717) is 12.1 Å². The smallest absolute Gasteiger partial charge is 0.308 e. The van der Waals surface area contributed by atoms with Crippen molar-refractivity contribution in [3.63, 3.8) is 0 Å². The normalized spacial score (nSPS) is 33.3. The van der Waals surface area contributed by atoms with Crippen LogP contribution in [-0.2, 0) is 4.79 Å². The van der Waals surface area contributed by atoms with E-state index in [-0.39, 0.29) is 5.92 Å². The Morgan fingerprint density at radius 3 is 2.43 bits per heavy atom. The molecule has 1 N–H and O–H groups in total. The van der Waals surface area contributed by atoms with Crippen molar-refractivity contribution in [2.75, 3.05) is 7.05 Å². The van der Waals surface area contributed by atoms with Crippen LogP contribution in [0, 0.1) is 5.92 Å². The fraction of sp³-hybridized carbons (Fsp3) is 0.909. The molecule has 2 atom stereocenters. The molecule has 0 heterocycles. The Morgan fingerprint density at radius 1 is 1.21 bits per heavy atom. The molecule has 0 aromatic carbocycles. The van der Waals surface area contributed by atoms with Gasteiger partial charge in [0.1, 0.15) is 0 Å². The summed E-state index contributed by atoms with van der Waals surface area (Å²) < 4.78 is 0. The number of carboxylic acids is 1. The molecule has 2 aliphatic carbocycles. The standard InChI is InChI=1S/C11H19NO2/c1-12(8-6-7-8)10-5-3-2-4-9(10)11(13)14/h8-10H,2-7H2,1H3,(H,13,14)/t9-,10+/m1/s1. The van der Waals surface area contributed by atoms with Crippen molar-refractivity contribution in [3.8, 4) is 0 Å². The van der Waals surface area contributed by atoms with Crippen molar-refractivity contribution in [2.45, 2.75) is 50.6 Å². The molecule has 0 aromatic heterocycles. The van der Waals surface area contributed by atoms with Crippen LogP contribution in [0.25, 0.3) is 0 Å². The molecule has 0 amide bonds. The summed E-state index contributed by atoms with van der Waals surface area (Å²) in [6.07, 6.45) is 6.76. The highest BCUT2D eigenvalue weighted by molar-refractivity contribution is 5.71. The van der Waals surface area contributed by atoms with Gasteiger partial charge in [0.25, 0.3) is 0 Å². The average Bonchev–Trinajstić information content (AvgIpc) is 3.00. The average molecular weight is 197 g/mol. The molecule has 0 radical (unpaired) electrons. The van der Waals surface area contributed by atoms with Gasteiger partial charge in [-0.2, -0.15) is 0 Å². The van der Waals surface area contributed by atoms with Gasteiger partial charge in [0.15, 0.2) is 0 Å². The Labute approximate surface area is 85.1 Å². The third-order valence-electron chi connectivity index (χ3n) is 3.69. The third kappa shape index (κ3) is 1.92. The summed E-state index contributed by atoms with van der Waals surface area (Å²) in [7, 11) is 2.10. The Balaban J connectivity index is 2.01. The highest BCUT2D eigenvalue weighted by Crippen LogP contribution is 2.35. The van der Waals surface area contributed by atoms with Gasteiger partial charge in [-0.05, 0) is 32.7 Å². The quantitative estimate of drug-likeness (QED) is 0.749. The lowest BCUT2D eigenvalue weighted by Gasteiger charge is -2.35. The molecule has 0 spiro atoms. The van der Waals surface area contributed by atoms with E-state index in [0.717, 1.165) is 19.3 Å². The van der Waals surface area contributed by atoms with Crippen LogP contribution in [0.2, 0.25) is 0 Å². The highest BCUT2D eigenvalue weighted by Gasteiger charge is 2.38. The van der Waals surface area contributed by atoms with Gasteiger partial charge >= 0.3 is 5.97 Å². The molecular weight excluding hydrogens is 178 g/mol. The van der Waals surface area contributed by atoms with Crippen LogP contribution in [0.5, 0.6) is 0 Å². The van der Waals surface area contributed by atoms with Gasteiger partial charge in [0, 0.05) is 12.1 Å². The number of nitrogens with zero attached hydrogens (tertiary/aromatic N) is 1. The lowest BCUT2D eigenvalue weighted by Crippen LogP contribution is -2.44. The van der Waals surface area contributed by atoms with E-state index < -0.39 is 5.97 Å². The number of rotatable bonds is 3. The predicted octanol–water partition coefficient (Wildman–Crippen LogP) is 1.72. The molecule has 80 valence electrons. The molecule has 2 rings (SSSR count). The Bertz CT molecular complexity index is 225. The Kier molecular flexibility index (Phi) is 2.77. The predicted molar refractivity (Wildman–Crippen MR) is 54.2 cm³/mol. The summed E-state index contributed by atoms with van der Waals surface area (Å²) >= 11 is 0. The van der Waals surface area contributed by atoms with Crippen LogP contribution in [0.15, 0.2) is 0 Å². The molecule has 2 aliphatic rings. The van der Waals surface area contributed by atoms with Gasteiger partial charge < -0.3 is 5.11 Å². The van der Waals surface area contributed by atoms with E-state index in [1.54, 1.807) is 0 Å². The van der Waals surface area contributed by atoms with E-state index in [4.69, 9.17) is 5.11 Å². The van der Waals surface area contributed by atoms with Crippen molar-refractivity contribution < 1.29 is 9.90 Å². The molecule has 0 aromatic rings. The summed E-state index contributed by atoms with van der Waals surface area (Å²) in [5.74, 6) is -0.712. The molecule has 2 fully saturated rings. The van der Waals surface area contributed by atoms with Crippen molar-refractivity contribution in [2.24, 2.45) is 5.92 Å². The minimum atomic E-state index is -0.595. The van der Waals surface area contributed by atoms with Crippen molar-refractivity contribution in [1.82, 2.24) is 4.90 Å². The topological polar surface area (TPSA) is 40.5 Å². The second kappa shape index (κ2) is 3.89. The van der Waals surface area contributed by atoms with Crippen LogP contribution in [-0.4, -0.2) is 35.1 Å². The van der Waals surface area contributed by atoms with Gasteiger partial charge in [-0.15, -0.1) is 0 Å². The Hall–Kier alpha value is -0.570. The third-order valence-corrected chi connectivity index (χ3v) is 3.69. The summed E-state index contributed by atoms with van der Waals surface area (Å²) in [6.45, 7) is 0. The number of carboxylic acid groups (broad SMARTS) is 1. The zero-order chi connectivity index (χ0) is 10.1. The maximum absolute atomic E-state index is 11.1. The van der Waals surface area contributed by atoms with E-state index >= 15 is 0 Å². The van der Waals surface area contributed by atoms with E-state index in [1.807, 2.05) is 0 Å². The second-order valence-electron chi connectivity index (χ2n) is 4.69. The number of hydrogen-bond donors (Lipinski definition) is 1. The van der Waals surface area contributed by atoms with Crippen LogP contribution >= 0.6 is 0 Å². The van der Waals surface area contributed by atoms with Crippen LogP contribution in [0.1, 0.15) is 38.5 Å². The first-order valence-corrected chi connectivity index (χ1v) is 5.65. The molecule has 0 aliphatic heterocycles. The fourth-order valence-corrected chi connectivity index (χ4v) is 2.64. The number of aliphatic carboxylic acids is 1. The summed E-state index contributed by atoms with van der Waals surface area (Å²) in [6, 6.07) is 0.980. The van der Waals surface area contributed by atoms with Gasteiger partial charge in [0.05, 0.1) is 5.92 Å². The maximum atomic E-state index is 11.1. The van der Waals surface area contributed by atoms with Crippen molar-refractivity contribution >= 4 is 5.97 Å². The number of carbonyl (C=O) groups is 1. The first kappa shape index (κ1) is 9.97. The molecule has 0 bridgehead atoms. The van der Waals surface area contributed by atoms with E-state index in [2.05, 4.69) is 11.9 Å². The molecule has 0 saturated heterocycles. The molecule has 14 heavy (non-hydrogen) atoms. The molecular formula is C11H19NO2. The van der Waals surface area contributed by atoms with Crippen molar-refractivity contribution in [1.29, 1.82) is 0 Å². The Morgan fingerprint density at radius 2 is 1.86 bits per heavy atom. The zero-order valence-electron chi connectivity index (χ0n) is 8.78. The summed E-state index contributed by atoms with van der Waals surface area (Å²) in [4.78, 5) is 13.4. The highest BCUT2D eigenvalue weighted by atomic mass is 16.4. The zero-order valence-corrected chi connectivity index (χ0v) is 8.78. The van der Waals surface area contributed by atoms with E-state index in [1.165, 1.54) is 19.3 Å². The molecule has 3 heteroatoms. The molecule has 0 unspecified atom stereocenters. The minimum absolute atomic E-state index is 0.116. The SMILES string of the molecule is CN(C1CC1)[C@H]1CCCC[C@H]1C(=O)O. The fourth-order valence-electron chi connectivity index (χ4n) is 2.64. The number of hydrogen-bond acceptors (Lipinski definition) is 2. The monoisotopic (exact) mass is 197 g/mol. The summed E-state index contributed by atoms with van der Waals surface area (Å²) in [5.41, 5.74) is 0.